The standard InChI is InChI=1S/C19H19N3O3S/c1-11-7-6-8-12(2)16(11)20-17(24)13(3)26-19-22-21-18(25-19)14-9-4-5-10-15(14)23/h4-10,13,23H,1-3H3,(H,20,24)/t13-/m1/s1. The van der Waals surface area contributed by atoms with E-state index in [4.69, 9.17) is 4.42 Å². The van der Waals surface area contributed by atoms with Gasteiger partial charge in [0.2, 0.25) is 5.91 Å². The van der Waals surface area contributed by atoms with Gasteiger partial charge in [-0.1, -0.05) is 42.1 Å². The summed E-state index contributed by atoms with van der Waals surface area (Å²) in [6, 6.07) is 12.6. The van der Waals surface area contributed by atoms with Gasteiger partial charge in [-0.25, -0.2) is 0 Å². The number of anilines is 1. The number of amides is 1. The van der Waals surface area contributed by atoms with E-state index < -0.39 is 5.25 Å². The van der Waals surface area contributed by atoms with Crippen molar-refractivity contribution in [1.82, 2.24) is 10.2 Å². The molecular weight excluding hydrogens is 350 g/mol. The van der Waals surface area contributed by atoms with E-state index in [1.807, 2.05) is 32.0 Å². The summed E-state index contributed by atoms with van der Waals surface area (Å²) in [4.78, 5) is 12.5. The highest BCUT2D eigenvalue weighted by atomic mass is 32.2. The highest BCUT2D eigenvalue weighted by molar-refractivity contribution is 8.00. The zero-order valence-electron chi connectivity index (χ0n) is 14.7. The molecule has 0 aliphatic carbocycles. The van der Waals surface area contributed by atoms with E-state index >= 15 is 0 Å². The fourth-order valence-electron chi connectivity index (χ4n) is 2.46. The molecule has 0 bridgehead atoms. The number of hydrogen-bond acceptors (Lipinski definition) is 6. The maximum Gasteiger partial charge on any atom is 0.277 e. The first-order chi connectivity index (χ1) is 12.5. The summed E-state index contributed by atoms with van der Waals surface area (Å²) in [7, 11) is 0. The van der Waals surface area contributed by atoms with Crippen molar-refractivity contribution >= 4 is 23.4 Å². The van der Waals surface area contributed by atoms with Gasteiger partial charge in [-0.2, -0.15) is 0 Å². The van der Waals surface area contributed by atoms with Gasteiger partial charge in [-0.05, 0) is 44.0 Å². The molecule has 1 aromatic heterocycles. The van der Waals surface area contributed by atoms with Crippen LogP contribution in [0, 0.1) is 13.8 Å². The SMILES string of the molecule is Cc1cccc(C)c1NC(=O)[C@@H](C)Sc1nnc(-c2ccccc2O)o1. The van der Waals surface area contributed by atoms with E-state index in [0.29, 0.717) is 5.56 Å². The normalized spacial score (nSPS) is 12.0. The number of rotatable bonds is 5. The zero-order chi connectivity index (χ0) is 18.7. The summed E-state index contributed by atoms with van der Waals surface area (Å²) in [6.45, 7) is 5.69. The molecule has 0 unspecified atom stereocenters. The first-order valence-corrected chi connectivity index (χ1v) is 8.99. The second-order valence-corrected chi connectivity index (χ2v) is 7.20. The fourth-order valence-corrected chi connectivity index (χ4v) is 3.15. The summed E-state index contributed by atoms with van der Waals surface area (Å²) in [5.41, 5.74) is 3.30. The van der Waals surface area contributed by atoms with Crippen LogP contribution in [-0.2, 0) is 4.79 Å². The minimum absolute atomic E-state index is 0.0634. The number of aromatic hydroxyl groups is 1. The van der Waals surface area contributed by atoms with E-state index in [1.165, 1.54) is 11.8 Å². The van der Waals surface area contributed by atoms with E-state index in [0.717, 1.165) is 16.8 Å². The van der Waals surface area contributed by atoms with Gasteiger partial charge in [-0.3, -0.25) is 4.79 Å². The molecule has 1 heterocycles. The van der Waals surface area contributed by atoms with E-state index in [2.05, 4.69) is 15.5 Å². The molecule has 134 valence electrons. The maximum atomic E-state index is 12.5. The monoisotopic (exact) mass is 369 g/mol. The first kappa shape index (κ1) is 18.0. The van der Waals surface area contributed by atoms with Crippen LogP contribution in [0.25, 0.3) is 11.5 Å². The molecule has 1 amide bonds. The Morgan fingerprint density at radius 1 is 1.12 bits per heavy atom. The predicted octanol–water partition coefficient (Wildman–Crippen LogP) is 4.18. The maximum absolute atomic E-state index is 12.5. The molecule has 0 saturated heterocycles. The number of aryl methyl sites for hydroxylation is 2. The van der Waals surface area contributed by atoms with Gasteiger partial charge >= 0.3 is 0 Å². The summed E-state index contributed by atoms with van der Waals surface area (Å²) in [5.74, 6) is 0.135. The number of carbonyl (C=O) groups excluding carboxylic acids is 1. The third-order valence-electron chi connectivity index (χ3n) is 3.92. The van der Waals surface area contributed by atoms with E-state index in [-0.39, 0.29) is 22.8 Å². The average molecular weight is 369 g/mol. The van der Waals surface area contributed by atoms with Crippen LogP contribution in [0.2, 0.25) is 0 Å². The molecule has 0 aliphatic rings. The molecule has 6 nitrogen and oxygen atoms in total. The highest BCUT2D eigenvalue weighted by Crippen LogP contribution is 2.31. The Kier molecular flexibility index (Phi) is 5.27. The molecule has 26 heavy (non-hydrogen) atoms. The van der Waals surface area contributed by atoms with Crippen molar-refractivity contribution in [3.63, 3.8) is 0 Å². The largest absolute Gasteiger partial charge is 0.507 e. The Balaban J connectivity index is 1.69. The van der Waals surface area contributed by atoms with Crippen molar-refractivity contribution in [2.45, 2.75) is 31.2 Å². The topological polar surface area (TPSA) is 88.2 Å². The number of aromatic nitrogens is 2. The second-order valence-electron chi connectivity index (χ2n) is 5.91. The van der Waals surface area contributed by atoms with Crippen molar-refractivity contribution < 1.29 is 14.3 Å². The Bertz CT molecular complexity index is 919. The van der Waals surface area contributed by atoms with Crippen molar-refractivity contribution in [2.75, 3.05) is 5.32 Å². The summed E-state index contributed by atoms with van der Waals surface area (Å²) >= 11 is 1.17. The van der Waals surface area contributed by atoms with Crippen molar-refractivity contribution in [3.05, 3.63) is 53.6 Å². The lowest BCUT2D eigenvalue weighted by Gasteiger charge is -2.14. The van der Waals surface area contributed by atoms with E-state index in [9.17, 15) is 9.90 Å². The van der Waals surface area contributed by atoms with Gasteiger partial charge in [0.1, 0.15) is 5.75 Å². The van der Waals surface area contributed by atoms with Crippen molar-refractivity contribution in [1.29, 1.82) is 0 Å². The number of thioether (sulfide) groups is 1. The number of carbonyl (C=O) groups is 1. The Labute approximate surface area is 155 Å². The molecule has 0 saturated carbocycles. The molecule has 0 fully saturated rings. The van der Waals surface area contributed by atoms with Crippen molar-refractivity contribution in [3.8, 4) is 17.2 Å². The van der Waals surface area contributed by atoms with Gasteiger partial charge in [0.25, 0.3) is 11.1 Å². The van der Waals surface area contributed by atoms with Crippen LogP contribution >= 0.6 is 11.8 Å². The third kappa shape index (κ3) is 3.88. The molecule has 0 aliphatic heterocycles. The lowest BCUT2D eigenvalue weighted by molar-refractivity contribution is -0.115. The Morgan fingerprint density at radius 3 is 2.50 bits per heavy atom. The van der Waals surface area contributed by atoms with Gasteiger partial charge in [0, 0.05) is 5.69 Å². The minimum Gasteiger partial charge on any atom is -0.507 e. The molecule has 0 spiro atoms. The summed E-state index contributed by atoms with van der Waals surface area (Å²) < 4.78 is 5.57. The molecule has 0 radical (unpaired) electrons. The lowest BCUT2D eigenvalue weighted by Crippen LogP contribution is -2.23. The first-order valence-electron chi connectivity index (χ1n) is 8.11. The summed E-state index contributed by atoms with van der Waals surface area (Å²) in [6.07, 6.45) is 0. The summed E-state index contributed by atoms with van der Waals surface area (Å²) in [5, 5.41) is 20.6. The van der Waals surface area contributed by atoms with Gasteiger partial charge in [0.05, 0.1) is 10.8 Å². The minimum atomic E-state index is -0.424. The predicted molar refractivity (Wildman–Crippen MR) is 101 cm³/mol. The van der Waals surface area contributed by atoms with Gasteiger partial charge < -0.3 is 14.8 Å². The number of phenolic OH excluding ortho intramolecular Hbond substituents is 1. The quantitative estimate of drug-likeness (QED) is 0.656. The number of para-hydroxylation sites is 2. The number of benzene rings is 2. The third-order valence-corrected chi connectivity index (χ3v) is 4.85. The van der Waals surface area contributed by atoms with Crippen LogP contribution in [0.5, 0.6) is 5.75 Å². The molecule has 3 aromatic rings. The molecule has 2 aromatic carbocycles. The lowest BCUT2D eigenvalue weighted by atomic mass is 10.1. The Morgan fingerprint density at radius 2 is 1.81 bits per heavy atom. The molecule has 2 N–H and O–H groups in total. The van der Waals surface area contributed by atoms with Crippen LogP contribution in [0.15, 0.2) is 52.1 Å². The number of nitrogens with one attached hydrogen (secondary N) is 1. The number of phenols is 1. The van der Waals surface area contributed by atoms with E-state index in [1.54, 1.807) is 31.2 Å². The number of hydrogen-bond donors (Lipinski definition) is 2. The van der Waals surface area contributed by atoms with Crippen LogP contribution < -0.4 is 5.32 Å². The van der Waals surface area contributed by atoms with Crippen LogP contribution in [0.4, 0.5) is 5.69 Å². The number of nitrogens with zero attached hydrogens (tertiary/aromatic N) is 2. The van der Waals surface area contributed by atoms with Gasteiger partial charge in [-0.15, -0.1) is 10.2 Å². The zero-order valence-corrected chi connectivity index (χ0v) is 15.5. The van der Waals surface area contributed by atoms with Gasteiger partial charge in [0.15, 0.2) is 0 Å². The molecule has 1 atom stereocenters. The fraction of sp³-hybridized carbons (Fsp3) is 0.211. The Hall–Kier alpha value is -2.80. The van der Waals surface area contributed by atoms with Crippen LogP contribution in [0.1, 0.15) is 18.1 Å². The van der Waals surface area contributed by atoms with Crippen LogP contribution in [0.3, 0.4) is 0 Å². The van der Waals surface area contributed by atoms with Crippen molar-refractivity contribution in [2.24, 2.45) is 0 Å². The molecule has 7 heteroatoms. The average Bonchev–Trinajstić information content (AvgIpc) is 3.06. The molecular formula is C19H19N3O3S. The van der Waals surface area contributed by atoms with Crippen LogP contribution in [-0.4, -0.2) is 26.5 Å². The second kappa shape index (κ2) is 7.61. The molecule has 3 rings (SSSR count). The smallest absolute Gasteiger partial charge is 0.277 e. The highest BCUT2D eigenvalue weighted by Gasteiger charge is 2.20.